The minimum absolute atomic E-state index is 0.0304. The van der Waals surface area contributed by atoms with E-state index in [1.54, 1.807) is 18.2 Å². The second kappa shape index (κ2) is 5.89. The van der Waals surface area contributed by atoms with Crippen LogP contribution in [0.4, 0.5) is 0 Å². The molecule has 1 rings (SSSR count). The summed E-state index contributed by atoms with van der Waals surface area (Å²) in [5.41, 5.74) is 0.858. The van der Waals surface area contributed by atoms with Gasteiger partial charge in [-0.3, -0.25) is 9.59 Å². The van der Waals surface area contributed by atoms with E-state index in [4.69, 9.17) is 0 Å². The first kappa shape index (κ1) is 13.0. The molecule has 0 amide bonds. The first-order valence-electron chi connectivity index (χ1n) is 5.01. The number of carbonyl (C=O) groups excluding carboxylic acids is 2. The summed E-state index contributed by atoms with van der Waals surface area (Å²) in [6.45, 7) is 0. The molecule has 17 heavy (non-hydrogen) atoms. The van der Waals surface area contributed by atoms with Gasteiger partial charge < -0.3 is 14.6 Å². The number of ether oxygens (including phenoxy) is 2. The summed E-state index contributed by atoms with van der Waals surface area (Å²) in [6.07, 6.45) is -0.0608. The largest absolute Gasteiger partial charge is 0.507 e. The first-order chi connectivity index (χ1) is 8.08. The van der Waals surface area contributed by atoms with E-state index in [1.807, 2.05) is 0 Å². The Morgan fingerprint density at radius 2 is 1.47 bits per heavy atom. The summed E-state index contributed by atoms with van der Waals surface area (Å²) in [5.74, 6) is -0.964. The van der Waals surface area contributed by atoms with Crippen LogP contribution in [-0.2, 0) is 31.9 Å². The van der Waals surface area contributed by atoms with E-state index < -0.39 is 11.9 Å². The van der Waals surface area contributed by atoms with Crippen molar-refractivity contribution in [2.45, 2.75) is 12.8 Å². The molecule has 0 radical (unpaired) electrons. The Bertz CT molecular complexity index is 389. The van der Waals surface area contributed by atoms with E-state index in [2.05, 4.69) is 9.47 Å². The number of aromatic hydroxyl groups is 1. The van der Waals surface area contributed by atoms with Gasteiger partial charge in [-0.05, 0) is 0 Å². The molecule has 1 N–H and O–H groups in total. The van der Waals surface area contributed by atoms with Crippen molar-refractivity contribution in [1.82, 2.24) is 0 Å². The van der Waals surface area contributed by atoms with Crippen molar-refractivity contribution in [2.75, 3.05) is 14.2 Å². The monoisotopic (exact) mass is 238 g/mol. The molecule has 0 spiro atoms. The molecule has 5 nitrogen and oxygen atoms in total. The van der Waals surface area contributed by atoms with E-state index in [0.29, 0.717) is 11.1 Å². The van der Waals surface area contributed by atoms with Crippen molar-refractivity contribution in [3.8, 4) is 5.75 Å². The molecule has 92 valence electrons. The van der Waals surface area contributed by atoms with Gasteiger partial charge in [0.25, 0.3) is 0 Å². The maximum atomic E-state index is 11.1. The van der Waals surface area contributed by atoms with Crippen LogP contribution in [0.5, 0.6) is 5.75 Å². The number of phenolic OH excluding ortho intramolecular Hbond substituents is 1. The predicted molar refractivity (Wildman–Crippen MR) is 59.5 cm³/mol. The van der Waals surface area contributed by atoms with Gasteiger partial charge in [-0.2, -0.15) is 0 Å². The van der Waals surface area contributed by atoms with Gasteiger partial charge >= 0.3 is 11.9 Å². The Hall–Kier alpha value is -2.04. The van der Waals surface area contributed by atoms with Gasteiger partial charge in [0, 0.05) is 11.1 Å². The van der Waals surface area contributed by atoms with E-state index in [9.17, 15) is 14.7 Å². The zero-order valence-electron chi connectivity index (χ0n) is 9.73. The number of methoxy groups -OCH3 is 2. The summed E-state index contributed by atoms with van der Waals surface area (Å²) < 4.78 is 9.02. The fourth-order valence-corrected chi connectivity index (χ4v) is 1.39. The summed E-state index contributed by atoms with van der Waals surface area (Å²) >= 11 is 0. The molecule has 0 aliphatic carbocycles. The summed E-state index contributed by atoms with van der Waals surface area (Å²) in [5, 5.41) is 9.86. The number of esters is 2. The van der Waals surface area contributed by atoms with Crippen molar-refractivity contribution in [3.63, 3.8) is 0 Å². The van der Waals surface area contributed by atoms with Crippen LogP contribution >= 0.6 is 0 Å². The number of para-hydroxylation sites is 1. The predicted octanol–water partition coefficient (Wildman–Crippen LogP) is 0.823. The summed E-state index contributed by atoms with van der Waals surface area (Å²) in [6, 6.07) is 4.87. The number of hydrogen-bond acceptors (Lipinski definition) is 5. The highest BCUT2D eigenvalue weighted by molar-refractivity contribution is 5.76. The molecule has 0 bridgehead atoms. The molecule has 0 heterocycles. The van der Waals surface area contributed by atoms with Gasteiger partial charge in [-0.1, -0.05) is 18.2 Å². The Kier molecular flexibility index (Phi) is 4.51. The molecule has 0 aliphatic heterocycles. The van der Waals surface area contributed by atoms with Gasteiger partial charge in [0.15, 0.2) is 0 Å². The maximum absolute atomic E-state index is 11.1. The van der Waals surface area contributed by atoms with Crippen molar-refractivity contribution in [2.24, 2.45) is 0 Å². The van der Waals surface area contributed by atoms with Crippen LogP contribution in [0.15, 0.2) is 18.2 Å². The highest BCUT2D eigenvalue weighted by atomic mass is 16.5. The molecule has 0 aliphatic rings. The average molecular weight is 238 g/mol. The van der Waals surface area contributed by atoms with Crippen LogP contribution in [0.25, 0.3) is 0 Å². The van der Waals surface area contributed by atoms with Crippen LogP contribution in [0.2, 0.25) is 0 Å². The number of phenols is 1. The summed E-state index contributed by atoms with van der Waals surface area (Å²) in [4.78, 5) is 22.2. The minimum Gasteiger partial charge on any atom is -0.507 e. The summed E-state index contributed by atoms with van der Waals surface area (Å²) in [7, 11) is 2.55. The van der Waals surface area contributed by atoms with Crippen molar-refractivity contribution in [1.29, 1.82) is 0 Å². The highest BCUT2D eigenvalue weighted by Crippen LogP contribution is 2.23. The lowest BCUT2D eigenvalue weighted by Crippen LogP contribution is -2.08. The van der Waals surface area contributed by atoms with Crippen LogP contribution in [0.1, 0.15) is 11.1 Å². The maximum Gasteiger partial charge on any atom is 0.310 e. The van der Waals surface area contributed by atoms with E-state index in [1.165, 1.54) is 14.2 Å². The van der Waals surface area contributed by atoms with Crippen LogP contribution in [0, 0.1) is 0 Å². The average Bonchev–Trinajstić information content (AvgIpc) is 2.33. The van der Waals surface area contributed by atoms with E-state index in [-0.39, 0.29) is 18.6 Å². The van der Waals surface area contributed by atoms with Crippen LogP contribution < -0.4 is 0 Å². The van der Waals surface area contributed by atoms with E-state index in [0.717, 1.165) is 0 Å². The molecule has 0 aromatic heterocycles. The lowest BCUT2D eigenvalue weighted by Gasteiger charge is -2.08. The van der Waals surface area contributed by atoms with Crippen molar-refractivity contribution < 1.29 is 24.2 Å². The smallest absolute Gasteiger partial charge is 0.310 e. The topological polar surface area (TPSA) is 72.8 Å². The Labute approximate surface area is 99.0 Å². The van der Waals surface area contributed by atoms with E-state index >= 15 is 0 Å². The number of carbonyl (C=O) groups is 2. The first-order valence-corrected chi connectivity index (χ1v) is 5.01. The standard InChI is InChI=1S/C12H14O5/c1-16-10(13)6-8-4-3-5-9(12(8)15)7-11(14)17-2/h3-5,15H,6-7H2,1-2H3. The van der Waals surface area contributed by atoms with Crippen molar-refractivity contribution >= 4 is 11.9 Å². The second-order valence-corrected chi connectivity index (χ2v) is 3.43. The highest BCUT2D eigenvalue weighted by Gasteiger charge is 2.13. The van der Waals surface area contributed by atoms with Gasteiger partial charge in [-0.25, -0.2) is 0 Å². The minimum atomic E-state index is -0.449. The number of benzene rings is 1. The molecule has 0 fully saturated rings. The van der Waals surface area contributed by atoms with Crippen molar-refractivity contribution in [3.05, 3.63) is 29.3 Å². The van der Waals surface area contributed by atoms with Crippen LogP contribution in [-0.4, -0.2) is 31.3 Å². The molecule has 5 heteroatoms. The molecule has 0 saturated carbocycles. The molecule has 0 unspecified atom stereocenters. The third kappa shape index (κ3) is 3.48. The van der Waals surface area contributed by atoms with Gasteiger partial charge in [-0.15, -0.1) is 0 Å². The Morgan fingerprint density at radius 1 is 1.06 bits per heavy atom. The Balaban J connectivity index is 2.91. The fourth-order valence-electron chi connectivity index (χ4n) is 1.39. The zero-order valence-corrected chi connectivity index (χ0v) is 9.73. The van der Waals surface area contributed by atoms with Crippen LogP contribution in [0.3, 0.4) is 0 Å². The fraction of sp³-hybridized carbons (Fsp3) is 0.333. The molecular formula is C12H14O5. The zero-order chi connectivity index (χ0) is 12.8. The lowest BCUT2D eigenvalue weighted by atomic mass is 10.0. The molecule has 0 atom stereocenters. The normalized spacial score (nSPS) is 9.76. The third-order valence-electron chi connectivity index (χ3n) is 2.33. The lowest BCUT2D eigenvalue weighted by molar-refractivity contribution is -0.140. The van der Waals surface area contributed by atoms with Gasteiger partial charge in [0.05, 0.1) is 27.1 Å². The third-order valence-corrected chi connectivity index (χ3v) is 2.33. The van der Waals surface area contributed by atoms with Gasteiger partial charge in [0.2, 0.25) is 0 Å². The van der Waals surface area contributed by atoms with Gasteiger partial charge in [0.1, 0.15) is 5.75 Å². The molecule has 0 saturated heterocycles. The number of hydrogen-bond donors (Lipinski definition) is 1. The quantitative estimate of drug-likeness (QED) is 0.786. The SMILES string of the molecule is COC(=O)Cc1cccc(CC(=O)OC)c1O. The Morgan fingerprint density at radius 3 is 1.82 bits per heavy atom. The molecular weight excluding hydrogens is 224 g/mol. The number of rotatable bonds is 4. The molecule has 1 aromatic carbocycles. The molecule has 1 aromatic rings. The second-order valence-electron chi connectivity index (χ2n) is 3.43.